The Morgan fingerprint density at radius 1 is 1.55 bits per heavy atom. The molecule has 0 aromatic heterocycles. The van der Waals surface area contributed by atoms with E-state index in [4.69, 9.17) is 15.7 Å². The maximum absolute atomic E-state index is 11.6. The van der Waals surface area contributed by atoms with Crippen molar-refractivity contribution in [1.82, 2.24) is 4.90 Å². The van der Waals surface area contributed by atoms with Gasteiger partial charge >= 0.3 is 0 Å². The Morgan fingerprint density at radius 3 is 3.15 bits per heavy atom. The first-order chi connectivity index (χ1) is 9.72. The molecule has 1 atom stereocenters. The monoisotopic (exact) mass is 273 g/mol. The van der Waals surface area contributed by atoms with Crippen molar-refractivity contribution >= 4 is 5.91 Å². The van der Waals surface area contributed by atoms with Gasteiger partial charge in [0.05, 0.1) is 30.9 Å². The van der Waals surface area contributed by atoms with Crippen molar-refractivity contribution in [1.29, 1.82) is 5.26 Å². The Kier molecular flexibility index (Phi) is 5.10. The zero-order valence-electron chi connectivity index (χ0n) is 11.4. The lowest BCUT2D eigenvalue weighted by Crippen LogP contribution is -2.45. The molecule has 0 bridgehead atoms. The summed E-state index contributed by atoms with van der Waals surface area (Å²) in [6.45, 7) is 1.88. The van der Waals surface area contributed by atoms with Crippen molar-refractivity contribution in [2.45, 2.75) is 25.6 Å². The summed E-state index contributed by atoms with van der Waals surface area (Å²) in [7, 11) is 0. The molecule has 0 radical (unpaired) electrons. The van der Waals surface area contributed by atoms with Crippen molar-refractivity contribution in [2.75, 3.05) is 19.6 Å². The predicted octanol–water partition coefficient (Wildman–Crippen LogP) is 1.02. The molecule has 1 heterocycles. The van der Waals surface area contributed by atoms with Crippen molar-refractivity contribution in [3.63, 3.8) is 0 Å². The number of benzene rings is 1. The Labute approximate surface area is 118 Å². The van der Waals surface area contributed by atoms with Crippen molar-refractivity contribution in [3.05, 3.63) is 35.4 Å². The highest BCUT2D eigenvalue weighted by Crippen LogP contribution is 2.15. The van der Waals surface area contributed by atoms with Crippen LogP contribution in [0.15, 0.2) is 24.3 Å². The van der Waals surface area contributed by atoms with Gasteiger partial charge in [0.25, 0.3) is 0 Å². The summed E-state index contributed by atoms with van der Waals surface area (Å²) in [5, 5.41) is 8.86. The summed E-state index contributed by atoms with van der Waals surface area (Å²) >= 11 is 0. The second-order valence-corrected chi connectivity index (χ2v) is 4.93. The van der Waals surface area contributed by atoms with E-state index >= 15 is 0 Å². The fraction of sp³-hybridized carbons (Fsp3) is 0.467. The fourth-order valence-electron chi connectivity index (χ4n) is 2.37. The van der Waals surface area contributed by atoms with Crippen LogP contribution in [0.5, 0.6) is 0 Å². The number of rotatable bonds is 4. The molecule has 1 aliphatic heterocycles. The predicted molar refractivity (Wildman–Crippen MR) is 74.6 cm³/mol. The Morgan fingerprint density at radius 2 is 2.40 bits per heavy atom. The minimum Gasteiger partial charge on any atom is -0.372 e. The maximum Gasteiger partial charge on any atom is 0.236 e. The van der Waals surface area contributed by atoms with E-state index in [1.807, 2.05) is 18.2 Å². The van der Waals surface area contributed by atoms with E-state index in [2.05, 4.69) is 6.07 Å². The molecule has 5 nitrogen and oxygen atoms in total. The van der Waals surface area contributed by atoms with Gasteiger partial charge < -0.3 is 15.4 Å². The molecule has 5 heteroatoms. The van der Waals surface area contributed by atoms with Gasteiger partial charge in [-0.3, -0.25) is 4.79 Å². The molecule has 106 valence electrons. The number of nitriles is 1. The largest absolute Gasteiger partial charge is 0.372 e. The lowest BCUT2D eigenvalue weighted by atomic mass is 10.1. The van der Waals surface area contributed by atoms with Crippen molar-refractivity contribution in [2.24, 2.45) is 5.73 Å². The summed E-state index contributed by atoms with van der Waals surface area (Å²) in [6.07, 6.45) is 1.94. The highest BCUT2D eigenvalue weighted by molar-refractivity contribution is 5.78. The Balaban J connectivity index is 1.87. The Hall–Kier alpha value is -1.90. The van der Waals surface area contributed by atoms with E-state index in [1.165, 1.54) is 0 Å². The van der Waals surface area contributed by atoms with Crippen molar-refractivity contribution < 1.29 is 9.53 Å². The smallest absolute Gasteiger partial charge is 0.236 e. The molecule has 1 unspecified atom stereocenters. The molecular formula is C15H19N3O2. The number of hydrogen-bond acceptors (Lipinski definition) is 4. The molecule has 1 amide bonds. The van der Waals surface area contributed by atoms with Gasteiger partial charge in [-0.05, 0) is 30.5 Å². The third-order valence-corrected chi connectivity index (χ3v) is 3.45. The van der Waals surface area contributed by atoms with Gasteiger partial charge in [0.15, 0.2) is 0 Å². The van der Waals surface area contributed by atoms with Gasteiger partial charge in [0.1, 0.15) is 0 Å². The molecular weight excluding hydrogens is 254 g/mol. The summed E-state index contributed by atoms with van der Waals surface area (Å²) < 4.78 is 5.85. The topological polar surface area (TPSA) is 79.3 Å². The van der Waals surface area contributed by atoms with Gasteiger partial charge in [0.2, 0.25) is 5.91 Å². The number of carbonyl (C=O) groups excluding carboxylic acids is 1. The van der Waals surface area contributed by atoms with Crippen LogP contribution in [0.4, 0.5) is 0 Å². The first kappa shape index (κ1) is 14.5. The SMILES string of the molecule is N#Cc1cccc(COC2CCCN(C(=O)CN)C2)c1. The molecule has 0 spiro atoms. The van der Waals surface area contributed by atoms with E-state index in [1.54, 1.807) is 11.0 Å². The zero-order chi connectivity index (χ0) is 14.4. The number of hydrogen-bond donors (Lipinski definition) is 1. The number of nitrogens with zero attached hydrogens (tertiary/aromatic N) is 2. The quantitative estimate of drug-likeness (QED) is 0.888. The number of ether oxygens (including phenoxy) is 1. The Bertz CT molecular complexity index is 510. The molecule has 0 saturated carbocycles. The van der Waals surface area contributed by atoms with E-state index in [9.17, 15) is 4.79 Å². The van der Waals surface area contributed by atoms with Crippen LogP contribution < -0.4 is 5.73 Å². The third kappa shape index (κ3) is 3.80. The summed E-state index contributed by atoms with van der Waals surface area (Å²) in [5.41, 5.74) is 6.99. The maximum atomic E-state index is 11.6. The number of nitrogens with two attached hydrogens (primary N) is 1. The van der Waals surface area contributed by atoms with Crippen LogP contribution in [-0.2, 0) is 16.1 Å². The van der Waals surface area contributed by atoms with Crippen LogP contribution in [0.3, 0.4) is 0 Å². The average molecular weight is 273 g/mol. The van der Waals surface area contributed by atoms with E-state index in [0.717, 1.165) is 24.9 Å². The van der Waals surface area contributed by atoms with Crippen LogP contribution >= 0.6 is 0 Å². The zero-order valence-corrected chi connectivity index (χ0v) is 11.4. The van der Waals surface area contributed by atoms with Gasteiger partial charge in [-0.25, -0.2) is 0 Å². The number of amides is 1. The lowest BCUT2D eigenvalue weighted by Gasteiger charge is -2.32. The van der Waals surface area contributed by atoms with Crippen LogP contribution in [0, 0.1) is 11.3 Å². The number of carbonyl (C=O) groups is 1. The molecule has 1 fully saturated rings. The first-order valence-electron chi connectivity index (χ1n) is 6.81. The van der Waals surface area contributed by atoms with Gasteiger partial charge in [-0.15, -0.1) is 0 Å². The molecule has 0 aliphatic carbocycles. The second kappa shape index (κ2) is 7.04. The third-order valence-electron chi connectivity index (χ3n) is 3.45. The molecule has 1 aromatic carbocycles. The van der Waals surface area contributed by atoms with Gasteiger partial charge in [-0.2, -0.15) is 5.26 Å². The summed E-state index contributed by atoms with van der Waals surface area (Å²) in [4.78, 5) is 13.3. The molecule has 2 rings (SSSR count). The minimum absolute atomic E-state index is 0.0234. The fourth-order valence-corrected chi connectivity index (χ4v) is 2.37. The van der Waals surface area contributed by atoms with Gasteiger partial charge in [-0.1, -0.05) is 12.1 Å². The van der Waals surface area contributed by atoms with Gasteiger partial charge in [0, 0.05) is 13.1 Å². The first-order valence-corrected chi connectivity index (χ1v) is 6.81. The summed E-state index contributed by atoms with van der Waals surface area (Å²) in [5.74, 6) is -0.0234. The molecule has 20 heavy (non-hydrogen) atoms. The van der Waals surface area contributed by atoms with Crippen LogP contribution in [-0.4, -0.2) is 36.5 Å². The van der Waals surface area contributed by atoms with E-state index < -0.39 is 0 Å². The molecule has 1 aromatic rings. The minimum atomic E-state index is -0.0234. The molecule has 1 saturated heterocycles. The number of likely N-dealkylation sites (tertiary alicyclic amines) is 1. The standard InChI is InChI=1S/C15H19N3O2/c16-8-12-3-1-4-13(7-12)11-20-14-5-2-6-18(10-14)15(19)9-17/h1,3-4,7,14H,2,5-6,9-11,17H2. The number of piperidine rings is 1. The second-order valence-electron chi connectivity index (χ2n) is 4.93. The van der Waals surface area contributed by atoms with Crippen LogP contribution in [0.1, 0.15) is 24.0 Å². The van der Waals surface area contributed by atoms with E-state index in [-0.39, 0.29) is 18.6 Å². The van der Waals surface area contributed by atoms with Crippen LogP contribution in [0.2, 0.25) is 0 Å². The van der Waals surface area contributed by atoms with Crippen LogP contribution in [0.25, 0.3) is 0 Å². The summed E-state index contributed by atoms with van der Waals surface area (Å²) in [6, 6.07) is 9.49. The lowest BCUT2D eigenvalue weighted by molar-refractivity contribution is -0.134. The molecule has 1 aliphatic rings. The molecule has 2 N–H and O–H groups in total. The average Bonchev–Trinajstić information content (AvgIpc) is 2.52. The highest BCUT2D eigenvalue weighted by atomic mass is 16.5. The highest BCUT2D eigenvalue weighted by Gasteiger charge is 2.23. The van der Waals surface area contributed by atoms with Crippen molar-refractivity contribution in [3.8, 4) is 6.07 Å². The van der Waals surface area contributed by atoms with E-state index in [0.29, 0.717) is 18.7 Å². The normalized spacial score (nSPS) is 18.6.